The van der Waals surface area contributed by atoms with E-state index >= 15 is 0 Å². The predicted octanol–water partition coefficient (Wildman–Crippen LogP) is 5.20. The maximum Gasteiger partial charge on any atom is 0.123 e. The van der Waals surface area contributed by atoms with E-state index in [1.54, 1.807) is 0 Å². The van der Waals surface area contributed by atoms with Gasteiger partial charge in [-0.1, -0.05) is 31.9 Å². The van der Waals surface area contributed by atoms with E-state index in [4.69, 9.17) is 22.1 Å². The van der Waals surface area contributed by atoms with Crippen LogP contribution in [-0.4, -0.2) is 12.6 Å². The number of aryl methyl sites for hydroxylation is 1. The zero-order valence-corrected chi connectivity index (χ0v) is 14.7. The van der Waals surface area contributed by atoms with Gasteiger partial charge < -0.3 is 10.5 Å². The van der Waals surface area contributed by atoms with Crippen LogP contribution in [-0.2, 0) is 6.42 Å². The summed E-state index contributed by atoms with van der Waals surface area (Å²) in [5, 5.41) is 0.867. The highest BCUT2D eigenvalue weighted by Crippen LogP contribution is 2.33. The summed E-state index contributed by atoms with van der Waals surface area (Å²) < 4.78 is 5.92. The topological polar surface area (TPSA) is 35.2 Å². The molecular formula is C18H30ClNO. The number of hydrogen-bond donors (Lipinski definition) is 1. The summed E-state index contributed by atoms with van der Waals surface area (Å²) in [6.45, 7) is 9.19. The number of nitrogens with two attached hydrogens (primary N) is 1. The number of halogens is 1. The Bertz CT molecular complexity index is 445. The van der Waals surface area contributed by atoms with Gasteiger partial charge >= 0.3 is 0 Å². The van der Waals surface area contributed by atoms with Gasteiger partial charge in [0.25, 0.3) is 0 Å². The van der Waals surface area contributed by atoms with Crippen LogP contribution in [0.5, 0.6) is 5.75 Å². The van der Waals surface area contributed by atoms with Crippen LogP contribution in [0.25, 0.3) is 0 Å². The lowest BCUT2D eigenvalue weighted by atomic mass is 9.97. The Morgan fingerprint density at radius 3 is 2.52 bits per heavy atom. The molecule has 0 saturated heterocycles. The Hall–Kier alpha value is -0.730. The van der Waals surface area contributed by atoms with Crippen LogP contribution in [0.4, 0.5) is 0 Å². The minimum atomic E-state index is 0.316. The molecule has 0 aromatic heterocycles. The van der Waals surface area contributed by atoms with E-state index in [1.165, 1.54) is 5.56 Å². The van der Waals surface area contributed by atoms with Crippen LogP contribution in [0, 0.1) is 13.8 Å². The molecule has 3 heteroatoms. The molecule has 21 heavy (non-hydrogen) atoms. The van der Waals surface area contributed by atoms with Gasteiger partial charge in [0.15, 0.2) is 0 Å². The highest BCUT2D eigenvalue weighted by Gasteiger charge is 2.13. The fourth-order valence-electron chi connectivity index (χ4n) is 2.67. The zero-order valence-electron chi connectivity index (χ0n) is 14.0. The van der Waals surface area contributed by atoms with Gasteiger partial charge in [0.05, 0.1) is 6.61 Å². The molecule has 0 aliphatic rings. The Morgan fingerprint density at radius 2 is 1.90 bits per heavy atom. The van der Waals surface area contributed by atoms with Crippen LogP contribution in [0.15, 0.2) is 6.07 Å². The van der Waals surface area contributed by atoms with Crippen molar-refractivity contribution in [2.24, 2.45) is 5.73 Å². The molecule has 0 spiro atoms. The SMILES string of the molecule is CCCOc1cc(C)c(Cl)c(C)c1CCCC(N)CCC. The number of benzene rings is 1. The van der Waals surface area contributed by atoms with E-state index in [-0.39, 0.29) is 0 Å². The number of ether oxygens (including phenoxy) is 1. The molecule has 0 amide bonds. The summed E-state index contributed by atoms with van der Waals surface area (Å²) in [5.41, 5.74) is 9.60. The van der Waals surface area contributed by atoms with Gasteiger partial charge in [0, 0.05) is 11.1 Å². The van der Waals surface area contributed by atoms with Gasteiger partial charge in [-0.25, -0.2) is 0 Å². The molecule has 0 fully saturated rings. The first-order valence-electron chi connectivity index (χ1n) is 8.18. The average Bonchev–Trinajstić information content (AvgIpc) is 2.45. The average molecular weight is 312 g/mol. The normalized spacial score (nSPS) is 12.5. The van der Waals surface area contributed by atoms with Crippen molar-refractivity contribution >= 4 is 11.6 Å². The molecule has 1 rings (SSSR count). The zero-order chi connectivity index (χ0) is 15.8. The lowest BCUT2D eigenvalue weighted by Gasteiger charge is -2.17. The summed E-state index contributed by atoms with van der Waals surface area (Å²) in [4.78, 5) is 0. The van der Waals surface area contributed by atoms with Crippen LogP contribution in [0.3, 0.4) is 0 Å². The van der Waals surface area contributed by atoms with Gasteiger partial charge in [-0.05, 0) is 68.7 Å². The van der Waals surface area contributed by atoms with Crippen LogP contribution in [0.2, 0.25) is 5.02 Å². The maximum absolute atomic E-state index is 6.40. The fourth-order valence-corrected chi connectivity index (χ4v) is 2.84. The van der Waals surface area contributed by atoms with Crippen molar-refractivity contribution in [2.45, 2.75) is 72.3 Å². The lowest BCUT2D eigenvalue weighted by molar-refractivity contribution is 0.313. The molecule has 2 nitrogen and oxygen atoms in total. The lowest BCUT2D eigenvalue weighted by Crippen LogP contribution is -2.19. The van der Waals surface area contributed by atoms with Gasteiger partial charge in [-0.2, -0.15) is 0 Å². The van der Waals surface area contributed by atoms with E-state index < -0.39 is 0 Å². The molecule has 1 atom stereocenters. The largest absolute Gasteiger partial charge is 0.493 e. The molecule has 0 radical (unpaired) electrons. The molecule has 0 heterocycles. The molecular weight excluding hydrogens is 282 g/mol. The van der Waals surface area contributed by atoms with Crippen molar-refractivity contribution in [2.75, 3.05) is 6.61 Å². The van der Waals surface area contributed by atoms with Crippen molar-refractivity contribution in [3.8, 4) is 5.75 Å². The molecule has 1 unspecified atom stereocenters. The van der Waals surface area contributed by atoms with Crippen LogP contribution >= 0.6 is 11.6 Å². The Balaban J connectivity index is 2.80. The van der Waals surface area contributed by atoms with Crippen molar-refractivity contribution in [3.63, 3.8) is 0 Å². The van der Waals surface area contributed by atoms with Crippen LogP contribution in [0.1, 0.15) is 62.6 Å². The van der Waals surface area contributed by atoms with E-state index in [0.29, 0.717) is 6.04 Å². The Labute approximate surface area is 135 Å². The van der Waals surface area contributed by atoms with E-state index in [9.17, 15) is 0 Å². The van der Waals surface area contributed by atoms with E-state index in [1.807, 2.05) is 6.92 Å². The smallest absolute Gasteiger partial charge is 0.123 e. The maximum atomic E-state index is 6.40. The summed E-state index contributed by atoms with van der Waals surface area (Å²) in [5.74, 6) is 1.00. The number of hydrogen-bond acceptors (Lipinski definition) is 2. The minimum absolute atomic E-state index is 0.316. The number of rotatable bonds is 9. The third-order valence-electron chi connectivity index (χ3n) is 3.90. The van der Waals surface area contributed by atoms with Gasteiger partial charge in [0.2, 0.25) is 0 Å². The highest BCUT2D eigenvalue weighted by molar-refractivity contribution is 6.32. The first-order valence-corrected chi connectivity index (χ1v) is 8.55. The molecule has 1 aromatic rings. The van der Waals surface area contributed by atoms with Crippen molar-refractivity contribution < 1.29 is 4.74 Å². The molecule has 0 aliphatic heterocycles. The Morgan fingerprint density at radius 1 is 1.19 bits per heavy atom. The molecule has 1 aromatic carbocycles. The van der Waals surface area contributed by atoms with Gasteiger partial charge in [-0.3, -0.25) is 0 Å². The highest BCUT2D eigenvalue weighted by atomic mass is 35.5. The standard InChI is InChI=1S/C18H30ClNO/c1-5-8-15(20)9-7-10-16-14(4)18(19)13(3)12-17(16)21-11-6-2/h12,15H,5-11,20H2,1-4H3. The summed E-state index contributed by atoms with van der Waals surface area (Å²) in [6.07, 6.45) is 6.41. The molecule has 2 N–H and O–H groups in total. The quantitative estimate of drug-likeness (QED) is 0.680. The Kier molecular flexibility index (Phi) is 8.13. The molecule has 0 saturated carbocycles. The van der Waals surface area contributed by atoms with Crippen LogP contribution < -0.4 is 10.5 Å². The van der Waals surface area contributed by atoms with E-state index in [0.717, 1.165) is 67.0 Å². The van der Waals surface area contributed by atoms with Crippen molar-refractivity contribution in [1.29, 1.82) is 0 Å². The summed E-state index contributed by atoms with van der Waals surface area (Å²) in [6, 6.07) is 2.39. The van der Waals surface area contributed by atoms with E-state index in [2.05, 4.69) is 26.8 Å². The minimum Gasteiger partial charge on any atom is -0.493 e. The predicted molar refractivity (Wildman–Crippen MR) is 92.5 cm³/mol. The second-order valence-electron chi connectivity index (χ2n) is 5.90. The monoisotopic (exact) mass is 311 g/mol. The first-order chi connectivity index (χ1) is 10.0. The first kappa shape index (κ1) is 18.3. The van der Waals surface area contributed by atoms with Crippen molar-refractivity contribution in [3.05, 3.63) is 27.8 Å². The summed E-state index contributed by atoms with van der Waals surface area (Å²) in [7, 11) is 0. The molecule has 0 aliphatic carbocycles. The second kappa shape index (κ2) is 9.32. The third-order valence-corrected chi connectivity index (χ3v) is 4.48. The third kappa shape index (κ3) is 5.52. The van der Waals surface area contributed by atoms with Crippen molar-refractivity contribution in [1.82, 2.24) is 0 Å². The fraction of sp³-hybridized carbons (Fsp3) is 0.667. The summed E-state index contributed by atoms with van der Waals surface area (Å²) >= 11 is 6.40. The molecule has 0 bridgehead atoms. The molecule has 120 valence electrons. The second-order valence-corrected chi connectivity index (χ2v) is 6.28. The van der Waals surface area contributed by atoms with Gasteiger partial charge in [-0.15, -0.1) is 0 Å². The van der Waals surface area contributed by atoms with Gasteiger partial charge in [0.1, 0.15) is 5.75 Å².